The van der Waals surface area contributed by atoms with E-state index in [1.54, 1.807) is 0 Å². The Kier molecular flexibility index (Phi) is 7.64. The monoisotopic (exact) mass is 395 g/mol. The number of fused-ring (bicyclic) bond motifs is 1. The van der Waals surface area contributed by atoms with E-state index >= 15 is 0 Å². The third kappa shape index (κ3) is 5.81. The van der Waals surface area contributed by atoms with Crippen LogP contribution >= 0.6 is 0 Å². The number of hydrogen-bond acceptors (Lipinski definition) is 4. The first-order valence-corrected chi connectivity index (χ1v) is 10.3. The Bertz CT molecular complexity index is 919. The molecule has 1 heterocycles. The van der Waals surface area contributed by atoms with Crippen molar-refractivity contribution < 1.29 is 14.3 Å². The maximum atomic E-state index is 12.5. The van der Waals surface area contributed by atoms with Crippen molar-refractivity contribution in [3.8, 4) is 5.75 Å². The highest BCUT2D eigenvalue weighted by atomic mass is 16.5. The first-order chi connectivity index (χ1) is 14.2. The number of benzene rings is 2. The number of nitrogens with zero attached hydrogens (tertiary/aromatic N) is 2. The maximum Gasteiger partial charge on any atom is 0.227 e. The lowest BCUT2D eigenvalue weighted by molar-refractivity contribution is -0.116. The number of carbonyl (C=O) groups is 1. The zero-order valence-corrected chi connectivity index (χ0v) is 17.2. The number of para-hydroxylation sites is 2. The molecule has 0 saturated carbocycles. The molecule has 0 spiro atoms. The molecule has 2 aromatic carbocycles. The highest BCUT2D eigenvalue weighted by molar-refractivity contribution is 5.91. The zero-order chi connectivity index (χ0) is 20.5. The molecule has 154 valence electrons. The molecule has 1 N–H and O–H groups in total. The van der Waals surface area contributed by atoms with E-state index in [-0.39, 0.29) is 5.91 Å². The van der Waals surface area contributed by atoms with Crippen LogP contribution in [0, 0.1) is 0 Å². The number of anilines is 1. The van der Waals surface area contributed by atoms with Gasteiger partial charge in [0.15, 0.2) is 0 Å². The molecule has 0 aliphatic rings. The SMILES string of the molecule is CCOCCCn1c(NC(=O)CCc2ccc(OCC)cc2)nc2ccccc21. The molecular weight excluding hydrogens is 366 g/mol. The van der Waals surface area contributed by atoms with Gasteiger partial charge in [0.05, 0.1) is 17.6 Å². The van der Waals surface area contributed by atoms with Gasteiger partial charge >= 0.3 is 0 Å². The molecule has 1 amide bonds. The molecule has 3 rings (SSSR count). The molecule has 0 unspecified atom stereocenters. The largest absolute Gasteiger partial charge is 0.494 e. The van der Waals surface area contributed by atoms with Gasteiger partial charge in [-0.2, -0.15) is 0 Å². The van der Waals surface area contributed by atoms with Crippen molar-refractivity contribution in [2.75, 3.05) is 25.1 Å². The summed E-state index contributed by atoms with van der Waals surface area (Å²) in [7, 11) is 0. The van der Waals surface area contributed by atoms with E-state index in [0.717, 1.165) is 35.3 Å². The van der Waals surface area contributed by atoms with Crippen LogP contribution in [0.25, 0.3) is 11.0 Å². The minimum Gasteiger partial charge on any atom is -0.494 e. The molecular formula is C23H29N3O3. The molecule has 6 nitrogen and oxygen atoms in total. The standard InChI is InChI=1S/C23H29N3O3/c1-3-28-17-7-16-26-21-9-6-5-8-20(21)24-23(26)25-22(27)15-12-18-10-13-19(14-11-18)29-4-2/h5-6,8-11,13-14H,3-4,7,12,15-17H2,1-2H3,(H,24,25,27). The lowest BCUT2D eigenvalue weighted by Crippen LogP contribution is -2.17. The molecule has 3 aromatic rings. The van der Waals surface area contributed by atoms with Crippen molar-refractivity contribution in [3.63, 3.8) is 0 Å². The van der Waals surface area contributed by atoms with Gasteiger partial charge in [-0.25, -0.2) is 4.98 Å². The summed E-state index contributed by atoms with van der Waals surface area (Å²) >= 11 is 0. The lowest BCUT2D eigenvalue weighted by atomic mass is 10.1. The van der Waals surface area contributed by atoms with Gasteiger partial charge in [-0.15, -0.1) is 0 Å². The second kappa shape index (κ2) is 10.6. The van der Waals surface area contributed by atoms with Crippen molar-refractivity contribution in [2.45, 2.75) is 39.7 Å². The highest BCUT2D eigenvalue weighted by Crippen LogP contribution is 2.20. The number of nitrogens with one attached hydrogen (secondary N) is 1. The minimum absolute atomic E-state index is 0.0414. The predicted octanol–water partition coefficient (Wildman–Crippen LogP) is 4.43. The molecule has 1 aromatic heterocycles. The van der Waals surface area contributed by atoms with Crippen LogP contribution in [0.5, 0.6) is 5.75 Å². The van der Waals surface area contributed by atoms with Crippen LogP contribution in [-0.4, -0.2) is 35.3 Å². The number of ether oxygens (including phenoxy) is 2. The fourth-order valence-electron chi connectivity index (χ4n) is 3.23. The lowest BCUT2D eigenvalue weighted by Gasteiger charge is -2.10. The number of aromatic nitrogens is 2. The number of carbonyl (C=O) groups excluding carboxylic acids is 1. The van der Waals surface area contributed by atoms with Crippen molar-refractivity contribution in [1.82, 2.24) is 9.55 Å². The molecule has 0 saturated heterocycles. The molecule has 0 aliphatic heterocycles. The summed E-state index contributed by atoms with van der Waals surface area (Å²) in [5, 5.41) is 2.99. The van der Waals surface area contributed by atoms with Crippen molar-refractivity contribution >= 4 is 22.9 Å². The van der Waals surface area contributed by atoms with E-state index in [2.05, 4.69) is 14.9 Å². The van der Waals surface area contributed by atoms with Crippen LogP contribution in [0.1, 0.15) is 32.3 Å². The van der Waals surface area contributed by atoms with Crippen LogP contribution in [-0.2, 0) is 22.5 Å². The third-order valence-corrected chi connectivity index (χ3v) is 4.66. The van der Waals surface area contributed by atoms with Gasteiger partial charge < -0.3 is 14.0 Å². The van der Waals surface area contributed by atoms with E-state index in [1.807, 2.05) is 62.4 Å². The molecule has 6 heteroatoms. The van der Waals surface area contributed by atoms with E-state index in [4.69, 9.17) is 9.47 Å². The number of rotatable bonds is 11. The molecule has 0 aliphatic carbocycles. The van der Waals surface area contributed by atoms with Crippen LogP contribution in [0.4, 0.5) is 5.95 Å². The van der Waals surface area contributed by atoms with E-state index < -0.39 is 0 Å². The van der Waals surface area contributed by atoms with E-state index in [1.165, 1.54) is 0 Å². The topological polar surface area (TPSA) is 65.4 Å². The van der Waals surface area contributed by atoms with Gasteiger partial charge in [-0.1, -0.05) is 24.3 Å². The summed E-state index contributed by atoms with van der Waals surface area (Å²) in [5.74, 6) is 1.40. The van der Waals surface area contributed by atoms with Gasteiger partial charge in [-0.05, 0) is 56.5 Å². The zero-order valence-electron chi connectivity index (χ0n) is 17.2. The molecule has 29 heavy (non-hydrogen) atoms. The van der Waals surface area contributed by atoms with E-state index in [0.29, 0.717) is 38.6 Å². The summed E-state index contributed by atoms with van der Waals surface area (Å²) in [6.45, 7) is 6.74. The third-order valence-electron chi connectivity index (χ3n) is 4.66. The van der Waals surface area contributed by atoms with Gasteiger partial charge in [-0.3, -0.25) is 10.1 Å². The summed E-state index contributed by atoms with van der Waals surface area (Å²) in [4.78, 5) is 17.2. The number of aryl methyl sites for hydroxylation is 2. The van der Waals surface area contributed by atoms with Gasteiger partial charge in [0, 0.05) is 26.2 Å². The molecule has 0 fully saturated rings. The average molecular weight is 396 g/mol. The Morgan fingerprint density at radius 3 is 2.62 bits per heavy atom. The predicted molar refractivity (Wildman–Crippen MR) is 115 cm³/mol. The van der Waals surface area contributed by atoms with Gasteiger partial charge in [0.1, 0.15) is 5.75 Å². The molecule has 0 radical (unpaired) electrons. The van der Waals surface area contributed by atoms with Gasteiger partial charge in [0.2, 0.25) is 11.9 Å². The normalized spacial score (nSPS) is 11.0. The Morgan fingerprint density at radius 1 is 1.07 bits per heavy atom. The average Bonchev–Trinajstić information content (AvgIpc) is 3.08. The smallest absolute Gasteiger partial charge is 0.227 e. The number of amides is 1. The van der Waals surface area contributed by atoms with Crippen molar-refractivity contribution in [3.05, 3.63) is 54.1 Å². The van der Waals surface area contributed by atoms with Crippen LogP contribution in [0.2, 0.25) is 0 Å². The molecule has 0 bridgehead atoms. The summed E-state index contributed by atoms with van der Waals surface area (Å²) in [5.41, 5.74) is 3.00. The van der Waals surface area contributed by atoms with Crippen LogP contribution < -0.4 is 10.1 Å². The van der Waals surface area contributed by atoms with Crippen LogP contribution in [0.3, 0.4) is 0 Å². The second-order valence-electron chi connectivity index (χ2n) is 6.75. The quantitative estimate of drug-likeness (QED) is 0.488. The minimum atomic E-state index is -0.0414. The van der Waals surface area contributed by atoms with Crippen molar-refractivity contribution in [2.24, 2.45) is 0 Å². The van der Waals surface area contributed by atoms with E-state index in [9.17, 15) is 4.79 Å². The highest BCUT2D eigenvalue weighted by Gasteiger charge is 2.13. The molecule has 0 atom stereocenters. The summed E-state index contributed by atoms with van der Waals surface area (Å²) < 4.78 is 13.0. The fourth-order valence-corrected chi connectivity index (χ4v) is 3.23. The Morgan fingerprint density at radius 2 is 1.86 bits per heavy atom. The summed E-state index contributed by atoms with van der Waals surface area (Å²) in [6, 6.07) is 15.8. The first-order valence-electron chi connectivity index (χ1n) is 10.3. The summed E-state index contributed by atoms with van der Waals surface area (Å²) in [6.07, 6.45) is 1.93. The number of imidazole rings is 1. The maximum absolute atomic E-state index is 12.5. The Balaban J connectivity index is 1.62. The van der Waals surface area contributed by atoms with Gasteiger partial charge in [0.25, 0.3) is 0 Å². The Labute approximate surface area is 171 Å². The Hall–Kier alpha value is -2.86. The van der Waals surface area contributed by atoms with Crippen molar-refractivity contribution in [1.29, 1.82) is 0 Å². The number of hydrogen-bond donors (Lipinski definition) is 1. The second-order valence-corrected chi connectivity index (χ2v) is 6.75. The fraction of sp³-hybridized carbons (Fsp3) is 0.391. The first kappa shape index (κ1) is 20.9. The van der Waals surface area contributed by atoms with Crippen LogP contribution in [0.15, 0.2) is 48.5 Å².